The Morgan fingerprint density at radius 3 is 2.06 bits per heavy atom. The van der Waals surface area contributed by atoms with E-state index >= 15 is 0 Å². The van der Waals surface area contributed by atoms with E-state index in [4.69, 9.17) is 14.2 Å². The van der Waals surface area contributed by atoms with Gasteiger partial charge in [-0.3, -0.25) is 24.0 Å². The second kappa shape index (κ2) is 27.1. The lowest BCUT2D eigenvalue weighted by atomic mass is 9.87. The number of likely N-dealkylation sites (tertiary alicyclic amines) is 1. The van der Waals surface area contributed by atoms with E-state index in [9.17, 15) is 24.0 Å². The van der Waals surface area contributed by atoms with Crippen LogP contribution in [0.25, 0.3) is 0 Å². The van der Waals surface area contributed by atoms with Crippen LogP contribution in [0.1, 0.15) is 79.7 Å². The van der Waals surface area contributed by atoms with Gasteiger partial charge in [0.25, 0.3) is 0 Å². The number of carbonyl (C=O) groups excluding carboxylic acids is 5. The quantitative estimate of drug-likeness (QED) is 0.104. The van der Waals surface area contributed by atoms with Gasteiger partial charge in [-0.05, 0) is 44.2 Å². The lowest BCUT2D eigenvalue weighted by Gasteiger charge is -2.47. The summed E-state index contributed by atoms with van der Waals surface area (Å²) in [6, 6.07) is 9.06. The molecule has 1 aliphatic rings. The third-order valence-corrected chi connectivity index (χ3v) is 9.39. The highest BCUT2D eigenvalue weighted by Crippen LogP contribution is 2.30. The first kappa shape index (κ1) is 48.5. The predicted molar refractivity (Wildman–Crippen MR) is 204 cm³/mol. The lowest BCUT2D eigenvalue weighted by molar-refractivity contribution is -0.162. The van der Waals surface area contributed by atoms with Gasteiger partial charge in [-0.2, -0.15) is 0 Å². The van der Waals surface area contributed by atoms with Crippen molar-refractivity contribution in [1.82, 2.24) is 25.8 Å². The molecule has 2 rings (SSSR count). The largest absolute Gasteiger partial charge is 0.469 e. The molecule has 1 fully saturated rings. The number of amides is 4. The Kier molecular flexibility index (Phi) is 25.3. The molecule has 1 aromatic carbocycles. The van der Waals surface area contributed by atoms with Crippen LogP contribution in [0.2, 0.25) is 0 Å². The molecule has 13 heteroatoms. The van der Waals surface area contributed by atoms with Gasteiger partial charge in [0.1, 0.15) is 0 Å². The standard InChI is InChI=1S/C27H50N4O7.C9H11NO.C3H8/c1-11-17(4)24(30(7)22(33)15-29-26(34)23(28-6)16(2)3)20(36-8)14-21(32)31-13-12-19(31)25(37-9)18(5)27(35)38-10;11-8-10-7-6-9-4-2-1-3-5-9;1-3-2/h16-20,23-25,28H,11-15H2,1-10H3,(H,29,34);1-5,8H,6-7H2,(H,10,11);3H2,1-2H3. The molecule has 7 atom stereocenters. The van der Waals surface area contributed by atoms with Crippen LogP contribution < -0.4 is 16.0 Å². The molecule has 1 saturated heterocycles. The number of nitrogens with zero attached hydrogens (tertiary/aromatic N) is 2. The number of carbonyl (C=O) groups is 5. The highest BCUT2D eigenvalue weighted by atomic mass is 16.5. The predicted octanol–water partition coefficient (Wildman–Crippen LogP) is 3.44. The molecule has 52 heavy (non-hydrogen) atoms. The molecule has 0 saturated carbocycles. The maximum Gasteiger partial charge on any atom is 0.311 e. The van der Waals surface area contributed by atoms with Gasteiger partial charge in [0, 0.05) is 34.4 Å². The Hall–Kier alpha value is -3.55. The maximum atomic E-state index is 13.4. The highest BCUT2D eigenvalue weighted by Gasteiger charge is 2.44. The van der Waals surface area contributed by atoms with E-state index in [0.29, 0.717) is 13.1 Å². The van der Waals surface area contributed by atoms with Crippen molar-refractivity contribution in [3.8, 4) is 0 Å². The SMILES string of the molecule is CCC.CCC(C)C(C(CC(=O)N1CCC1C(OC)C(C)C(=O)OC)OC)N(C)C(=O)CNC(=O)C(NC)C(C)C.O=CNCCc1ccccc1. The van der Waals surface area contributed by atoms with Crippen molar-refractivity contribution in [3.05, 3.63) is 35.9 Å². The Balaban J connectivity index is 0.00000154. The molecule has 1 heterocycles. The average Bonchev–Trinajstić information content (AvgIpc) is 3.12. The summed E-state index contributed by atoms with van der Waals surface area (Å²) in [5.41, 5.74) is 1.25. The average molecular weight is 736 g/mol. The smallest absolute Gasteiger partial charge is 0.311 e. The van der Waals surface area contributed by atoms with Gasteiger partial charge < -0.3 is 40.0 Å². The molecule has 1 aromatic rings. The summed E-state index contributed by atoms with van der Waals surface area (Å²) >= 11 is 0. The topological polar surface area (TPSA) is 156 Å². The molecule has 0 bridgehead atoms. The van der Waals surface area contributed by atoms with Crippen LogP contribution in [0.15, 0.2) is 30.3 Å². The summed E-state index contributed by atoms with van der Waals surface area (Å²) in [5.74, 6) is -1.41. The Labute approximate surface area is 313 Å². The molecular formula is C39H69N5O8. The number of nitrogens with one attached hydrogen (secondary N) is 3. The second-order valence-electron chi connectivity index (χ2n) is 13.6. The van der Waals surface area contributed by atoms with Crippen LogP contribution in [-0.2, 0) is 44.6 Å². The molecule has 4 amide bonds. The van der Waals surface area contributed by atoms with Gasteiger partial charge >= 0.3 is 5.97 Å². The summed E-state index contributed by atoms with van der Waals surface area (Å²) in [6.45, 7) is 15.0. The molecule has 0 aliphatic carbocycles. The number of esters is 1. The summed E-state index contributed by atoms with van der Waals surface area (Å²) in [5, 5.41) is 8.32. The molecular weight excluding hydrogens is 666 g/mol. The minimum atomic E-state index is -0.553. The Morgan fingerprint density at radius 1 is 1.00 bits per heavy atom. The minimum Gasteiger partial charge on any atom is -0.469 e. The molecule has 0 radical (unpaired) electrons. The van der Waals surface area contributed by atoms with E-state index in [0.717, 1.165) is 25.7 Å². The first-order valence-corrected chi connectivity index (χ1v) is 18.6. The van der Waals surface area contributed by atoms with Gasteiger partial charge in [0.05, 0.1) is 56.3 Å². The van der Waals surface area contributed by atoms with Crippen molar-refractivity contribution in [2.75, 3.05) is 55.1 Å². The number of methoxy groups -OCH3 is 3. The van der Waals surface area contributed by atoms with Crippen molar-refractivity contribution < 1.29 is 38.2 Å². The van der Waals surface area contributed by atoms with Crippen LogP contribution in [-0.4, -0.2) is 125 Å². The zero-order valence-corrected chi connectivity index (χ0v) is 33.9. The minimum absolute atomic E-state index is 0.0383. The van der Waals surface area contributed by atoms with Crippen molar-refractivity contribution in [2.45, 2.75) is 111 Å². The van der Waals surface area contributed by atoms with Gasteiger partial charge in [-0.1, -0.05) is 84.7 Å². The zero-order chi connectivity index (χ0) is 39.8. The fraction of sp³-hybridized carbons (Fsp3) is 0.718. The van der Waals surface area contributed by atoms with Gasteiger partial charge in [-0.15, -0.1) is 0 Å². The second-order valence-corrected chi connectivity index (χ2v) is 13.6. The van der Waals surface area contributed by atoms with Crippen LogP contribution in [0.4, 0.5) is 0 Å². The van der Waals surface area contributed by atoms with Gasteiger partial charge in [-0.25, -0.2) is 0 Å². The summed E-state index contributed by atoms with van der Waals surface area (Å²) in [4.78, 5) is 64.3. The number of hydrogen-bond acceptors (Lipinski definition) is 9. The summed E-state index contributed by atoms with van der Waals surface area (Å²) in [7, 11) is 7.80. The fourth-order valence-corrected chi connectivity index (χ4v) is 6.20. The zero-order valence-electron chi connectivity index (χ0n) is 33.9. The van der Waals surface area contributed by atoms with Crippen LogP contribution in [0.5, 0.6) is 0 Å². The monoisotopic (exact) mass is 736 g/mol. The third kappa shape index (κ3) is 16.0. The molecule has 7 unspecified atom stereocenters. The van der Waals surface area contributed by atoms with Gasteiger partial charge in [0.15, 0.2) is 0 Å². The van der Waals surface area contributed by atoms with Crippen molar-refractivity contribution in [1.29, 1.82) is 0 Å². The van der Waals surface area contributed by atoms with E-state index in [1.165, 1.54) is 26.2 Å². The highest BCUT2D eigenvalue weighted by molar-refractivity contribution is 5.87. The van der Waals surface area contributed by atoms with E-state index in [1.54, 1.807) is 37.9 Å². The summed E-state index contributed by atoms with van der Waals surface area (Å²) < 4.78 is 16.2. The number of ether oxygens (including phenoxy) is 3. The van der Waals surface area contributed by atoms with Crippen molar-refractivity contribution >= 4 is 30.1 Å². The van der Waals surface area contributed by atoms with E-state index in [-0.39, 0.29) is 60.6 Å². The number of rotatable bonds is 20. The molecule has 1 aliphatic heterocycles. The molecule has 0 aromatic heterocycles. The van der Waals surface area contributed by atoms with Crippen LogP contribution >= 0.6 is 0 Å². The number of hydrogen-bond donors (Lipinski definition) is 3. The first-order chi connectivity index (χ1) is 24.7. The van der Waals surface area contributed by atoms with E-state index < -0.39 is 24.2 Å². The van der Waals surface area contributed by atoms with Crippen LogP contribution in [0.3, 0.4) is 0 Å². The van der Waals surface area contributed by atoms with Crippen molar-refractivity contribution in [3.63, 3.8) is 0 Å². The molecule has 3 N–H and O–H groups in total. The lowest BCUT2D eigenvalue weighted by Crippen LogP contribution is -2.60. The Bertz CT molecular complexity index is 1170. The third-order valence-electron chi connectivity index (χ3n) is 9.39. The van der Waals surface area contributed by atoms with Gasteiger partial charge in [0.2, 0.25) is 24.1 Å². The summed E-state index contributed by atoms with van der Waals surface area (Å²) in [6.07, 6.45) is 3.41. The maximum absolute atomic E-state index is 13.4. The van der Waals surface area contributed by atoms with E-state index in [1.807, 2.05) is 58.0 Å². The van der Waals surface area contributed by atoms with E-state index in [2.05, 4.69) is 29.8 Å². The van der Waals surface area contributed by atoms with Crippen LogP contribution in [0, 0.1) is 17.8 Å². The number of likely N-dealkylation sites (N-methyl/N-ethyl adjacent to an activating group) is 2. The molecule has 0 spiro atoms. The Morgan fingerprint density at radius 2 is 1.62 bits per heavy atom. The molecule has 13 nitrogen and oxygen atoms in total. The normalized spacial score (nSPS) is 16.9. The number of benzene rings is 1. The molecule has 298 valence electrons. The first-order valence-electron chi connectivity index (χ1n) is 18.6. The van der Waals surface area contributed by atoms with Crippen molar-refractivity contribution in [2.24, 2.45) is 17.8 Å². The fourth-order valence-electron chi connectivity index (χ4n) is 6.20.